The molecule has 14 nitrogen and oxygen atoms in total. The van der Waals surface area contributed by atoms with E-state index in [1.165, 1.54) is 40.4 Å². The van der Waals surface area contributed by atoms with Crippen molar-refractivity contribution < 1.29 is 52.4 Å². The van der Waals surface area contributed by atoms with Crippen LogP contribution in [0.5, 0.6) is 0 Å². The zero-order valence-corrected chi connectivity index (χ0v) is 24.4. The van der Waals surface area contributed by atoms with Crippen molar-refractivity contribution in [2.45, 2.75) is 12.6 Å². The number of rotatable bonds is 20. The third kappa shape index (κ3) is 14.6. The minimum absolute atomic E-state index is 0.0679. The third-order valence-corrected chi connectivity index (χ3v) is 6.04. The van der Waals surface area contributed by atoms with Crippen LogP contribution in [-0.2, 0) is 59.0 Å². The first kappa shape index (κ1) is 35.4. The molecule has 230 valence electrons. The van der Waals surface area contributed by atoms with E-state index in [0.29, 0.717) is 0 Å². The van der Waals surface area contributed by atoms with Crippen LogP contribution in [0.15, 0.2) is 30.3 Å². The van der Waals surface area contributed by atoms with Crippen molar-refractivity contribution in [2.24, 2.45) is 0 Å². The van der Waals surface area contributed by atoms with Gasteiger partial charge in [-0.05, 0) is 5.56 Å². The van der Waals surface area contributed by atoms with Crippen LogP contribution in [0.25, 0.3) is 0 Å². The number of hydrogen-bond acceptors (Lipinski definition) is 14. The van der Waals surface area contributed by atoms with Gasteiger partial charge < -0.3 is 28.4 Å². The smallest absolute Gasteiger partial charge is 0.325 e. The largest absolute Gasteiger partial charge is 0.468 e. The number of nitrogens with zero attached hydrogens (tertiary/aromatic N) is 3. The molecule has 1 unspecified atom stereocenters. The van der Waals surface area contributed by atoms with Gasteiger partial charge in [-0.3, -0.25) is 38.7 Å². The monoisotopic (exact) mass is 583 g/mol. The quantitative estimate of drug-likeness (QED) is 0.141. The molecule has 1 aromatic carbocycles. The van der Waals surface area contributed by atoms with Crippen LogP contribution in [0.4, 0.5) is 0 Å². The molecule has 0 radical (unpaired) electrons. The van der Waals surface area contributed by atoms with Gasteiger partial charge in [-0.2, -0.15) is 0 Å². The van der Waals surface area contributed by atoms with Crippen LogP contribution >= 0.6 is 0 Å². The summed E-state index contributed by atoms with van der Waals surface area (Å²) in [6.07, 6.45) is 0. The van der Waals surface area contributed by atoms with Crippen molar-refractivity contribution in [1.82, 2.24) is 14.7 Å². The Morgan fingerprint density at radius 3 is 1.59 bits per heavy atom. The molecule has 0 N–H and O–H groups in total. The zero-order valence-electron chi connectivity index (χ0n) is 24.4. The molecular weight excluding hydrogens is 542 g/mol. The first-order valence-corrected chi connectivity index (χ1v) is 12.8. The van der Waals surface area contributed by atoms with Gasteiger partial charge in [-0.25, -0.2) is 0 Å². The number of carbonyl (C=O) groups is 5. The predicted molar refractivity (Wildman–Crippen MR) is 144 cm³/mol. The highest BCUT2D eigenvalue weighted by molar-refractivity contribution is 5.78. The van der Waals surface area contributed by atoms with Gasteiger partial charge in [-0.15, -0.1) is 0 Å². The van der Waals surface area contributed by atoms with E-state index in [0.717, 1.165) is 5.56 Å². The highest BCUT2D eigenvalue weighted by Crippen LogP contribution is 2.08. The van der Waals surface area contributed by atoms with Crippen molar-refractivity contribution >= 4 is 29.8 Å². The second kappa shape index (κ2) is 20.3. The SMILES string of the molecule is COC(=O)CN(CCN(CC(=O)OC)CC(=O)OC)CCN(CC(=O)OC)C(COCc1ccccc1)C(=O)OC. The summed E-state index contributed by atoms with van der Waals surface area (Å²) in [5.41, 5.74) is 0.906. The normalized spacial score (nSPS) is 11.7. The van der Waals surface area contributed by atoms with Gasteiger partial charge in [0.15, 0.2) is 0 Å². The van der Waals surface area contributed by atoms with Crippen LogP contribution < -0.4 is 0 Å². The average molecular weight is 584 g/mol. The first-order valence-electron chi connectivity index (χ1n) is 12.8. The lowest BCUT2D eigenvalue weighted by Gasteiger charge is -2.32. The van der Waals surface area contributed by atoms with E-state index in [1.807, 2.05) is 30.3 Å². The summed E-state index contributed by atoms with van der Waals surface area (Å²) in [4.78, 5) is 65.6. The van der Waals surface area contributed by atoms with E-state index in [-0.39, 0.29) is 65.6 Å². The van der Waals surface area contributed by atoms with Crippen LogP contribution in [0.3, 0.4) is 0 Å². The summed E-state index contributed by atoms with van der Waals surface area (Å²) >= 11 is 0. The van der Waals surface area contributed by atoms with E-state index in [1.54, 1.807) is 9.80 Å². The predicted octanol–water partition coefficient (Wildman–Crippen LogP) is -0.657. The molecule has 1 rings (SSSR count). The van der Waals surface area contributed by atoms with Gasteiger partial charge in [-0.1, -0.05) is 30.3 Å². The third-order valence-electron chi connectivity index (χ3n) is 6.04. The summed E-state index contributed by atoms with van der Waals surface area (Å²) in [6.45, 7) is 0.212. The molecule has 0 saturated carbocycles. The number of benzene rings is 1. The Bertz CT molecular complexity index is 943. The maximum atomic E-state index is 12.7. The Balaban J connectivity index is 3.04. The second-order valence-corrected chi connectivity index (χ2v) is 8.80. The van der Waals surface area contributed by atoms with E-state index >= 15 is 0 Å². The Morgan fingerprint density at radius 1 is 0.610 bits per heavy atom. The number of hydrogen-bond donors (Lipinski definition) is 0. The molecule has 0 saturated heterocycles. The van der Waals surface area contributed by atoms with Gasteiger partial charge >= 0.3 is 29.8 Å². The molecule has 0 spiro atoms. The molecular formula is C27H41N3O11. The molecule has 41 heavy (non-hydrogen) atoms. The van der Waals surface area contributed by atoms with E-state index in [9.17, 15) is 24.0 Å². The number of methoxy groups -OCH3 is 5. The second-order valence-electron chi connectivity index (χ2n) is 8.80. The van der Waals surface area contributed by atoms with Crippen molar-refractivity contribution in [3.05, 3.63) is 35.9 Å². The molecule has 0 amide bonds. The summed E-state index contributed by atoms with van der Waals surface area (Å²) in [5, 5.41) is 0. The number of ether oxygens (including phenoxy) is 6. The van der Waals surface area contributed by atoms with Crippen LogP contribution in [0.2, 0.25) is 0 Å². The Hall–Kier alpha value is -3.59. The fourth-order valence-corrected chi connectivity index (χ4v) is 3.67. The lowest BCUT2D eigenvalue weighted by Crippen LogP contribution is -2.51. The molecule has 0 aliphatic rings. The number of esters is 5. The lowest BCUT2D eigenvalue weighted by atomic mass is 10.2. The molecule has 1 atom stereocenters. The Kier molecular flexibility index (Phi) is 17.6. The Morgan fingerprint density at radius 2 is 1.07 bits per heavy atom. The molecule has 0 bridgehead atoms. The maximum Gasteiger partial charge on any atom is 0.325 e. The standard InChI is InChI=1S/C27H41N3O11/c1-36-23(31)15-28(11-12-29(16-24(32)37-2)17-25(33)38-3)13-14-30(18-26(34)39-4)22(27(35)40-5)20-41-19-21-9-7-6-8-10-21/h6-10,22H,11-20H2,1-5H3. The summed E-state index contributed by atoms with van der Waals surface area (Å²) in [7, 11) is 6.20. The van der Waals surface area contributed by atoms with Gasteiger partial charge in [0.1, 0.15) is 6.04 Å². The molecule has 0 aromatic heterocycles. The first-order chi connectivity index (χ1) is 19.7. The summed E-state index contributed by atoms with van der Waals surface area (Å²) in [6, 6.07) is 8.43. The van der Waals surface area contributed by atoms with Crippen molar-refractivity contribution in [2.75, 3.05) is 94.5 Å². The van der Waals surface area contributed by atoms with Gasteiger partial charge in [0.2, 0.25) is 0 Å². The summed E-state index contributed by atoms with van der Waals surface area (Å²) in [5.74, 6) is -2.80. The molecule has 0 aliphatic heterocycles. The highest BCUT2D eigenvalue weighted by Gasteiger charge is 2.30. The van der Waals surface area contributed by atoms with Crippen LogP contribution in [-0.4, -0.2) is 145 Å². The lowest BCUT2D eigenvalue weighted by molar-refractivity contribution is -0.153. The molecule has 14 heteroatoms. The Labute approximate surface area is 240 Å². The van der Waals surface area contributed by atoms with Crippen LogP contribution in [0, 0.1) is 0 Å². The molecule has 0 heterocycles. The zero-order chi connectivity index (χ0) is 30.6. The number of carbonyl (C=O) groups excluding carboxylic acids is 5. The molecule has 0 fully saturated rings. The minimum atomic E-state index is -0.946. The van der Waals surface area contributed by atoms with Crippen molar-refractivity contribution in [3.8, 4) is 0 Å². The van der Waals surface area contributed by atoms with E-state index in [2.05, 4.69) is 0 Å². The van der Waals surface area contributed by atoms with Crippen molar-refractivity contribution in [3.63, 3.8) is 0 Å². The minimum Gasteiger partial charge on any atom is -0.468 e. The average Bonchev–Trinajstić information content (AvgIpc) is 2.99. The molecule has 0 aliphatic carbocycles. The fraction of sp³-hybridized carbons (Fsp3) is 0.593. The van der Waals surface area contributed by atoms with Gasteiger partial charge in [0.05, 0.1) is 74.9 Å². The maximum absolute atomic E-state index is 12.7. The topological polar surface area (TPSA) is 150 Å². The van der Waals surface area contributed by atoms with Crippen molar-refractivity contribution in [1.29, 1.82) is 0 Å². The van der Waals surface area contributed by atoms with E-state index in [4.69, 9.17) is 28.4 Å². The van der Waals surface area contributed by atoms with Gasteiger partial charge in [0.25, 0.3) is 0 Å². The van der Waals surface area contributed by atoms with Gasteiger partial charge in [0, 0.05) is 26.2 Å². The fourth-order valence-electron chi connectivity index (χ4n) is 3.67. The summed E-state index contributed by atoms with van der Waals surface area (Å²) < 4.78 is 29.8. The van der Waals surface area contributed by atoms with E-state index < -0.39 is 35.9 Å². The highest BCUT2D eigenvalue weighted by atomic mass is 16.5. The molecule has 1 aromatic rings. The van der Waals surface area contributed by atoms with Crippen LogP contribution in [0.1, 0.15) is 5.56 Å².